The first-order chi connectivity index (χ1) is 12.1. The molecule has 4 nitrogen and oxygen atoms in total. The Labute approximate surface area is 149 Å². The number of likely N-dealkylation sites (tertiary alicyclic amines) is 1. The van der Waals surface area contributed by atoms with Gasteiger partial charge in [0.1, 0.15) is 5.75 Å². The van der Waals surface area contributed by atoms with Crippen LogP contribution < -0.4 is 9.47 Å². The lowest BCUT2D eigenvalue weighted by molar-refractivity contribution is 0.208. The Balaban J connectivity index is 1.66. The van der Waals surface area contributed by atoms with Crippen molar-refractivity contribution in [1.82, 2.24) is 9.88 Å². The fourth-order valence-corrected chi connectivity index (χ4v) is 4.25. The van der Waals surface area contributed by atoms with Gasteiger partial charge in [0.2, 0.25) is 5.88 Å². The minimum Gasteiger partial charge on any atom is -0.492 e. The van der Waals surface area contributed by atoms with Crippen LogP contribution in [0.3, 0.4) is 0 Å². The van der Waals surface area contributed by atoms with Crippen LogP contribution in [0.4, 0.5) is 0 Å². The molecule has 3 heterocycles. The maximum Gasteiger partial charge on any atom is 0.213 e. The third-order valence-electron chi connectivity index (χ3n) is 5.81. The Morgan fingerprint density at radius 1 is 1.28 bits per heavy atom. The molecule has 0 spiro atoms. The first kappa shape index (κ1) is 16.4. The second kappa shape index (κ2) is 6.34. The average Bonchev–Trinajstić information content (AvgIpc) is 3.19. The first-order valence-electron chi connectivity index (χ1n) is 9.07. The lowest BCUT2D eigenvalue weighted by atomic mass is 9.77. The van der Waals surface area contributed by atoms with E-state index in [-0.39, 0.29) is 5.41 Å². The molecule has 0 radical (unpaired) electrons. The molecule has 2 atom stereocenters. The molecule has 0 N–H and O–H groups in total. The Kier molecular flexibility index (Phi) is 4.16. The van der Waals surface area contributed by atoms with Crippen molar-refractivity contribution in [1.29, 1.82) is 0 Å². The number of methoxy groups -OCH3 is 1. The predicted molar refractivity (Wildman–Crippen MR) is 99.3 cm³/mol. The second-order valence-electron chi connectivity index (χ2n) is 7.63. The van der Waals surface area contributed by atoms with Crippen LogP contribution in [0.25, 0.3) is 11.1 Å². The topological polar surface area (TPSA) is 34.6 Å². The zero-order valence-corrected chi connectivity index (χ0v) is 15.3. The summed E-state index contributed by atoms with van der Waals surface area (Å²) in [6, 6.07) is 11.2. The molecule has 0 bridgehead atoms. The van der Waals surface area contributed by atoms with Gasteiger partial charge in [-0.2, -0.15) is 0 Å². The van der Waals surface area contributed by atoms with Crippen molar-refractivity contribution in [2.75, 3.05) is 27.3 Å². The zero-order valence-electron chi connectivity index (χ0n) is 15.3. The Morgan fingerprint density at radius 2 is 2.12 bits per heavy atom. The maximum absolute atomic E-state index is 6.04. The Morgan fingerprint density at radius 3 is 2.88 bits per heavy atom. The lowest BCUT2D eigenvalue weighted by Crippen LogP contribution is -2.35. The van der Waals surface area contributed by atoms with Gasteiger partial charge >= 0.3 is 0 Å². The van der Waals surface area contributed by atoms with E-state index in [0.29, 0.717) is 11.9 Å². The highest BCUT2D eigenvalue weighted by Gasteiger charge is 2.40. The third-order valence-corrected chi connectivity index (χ3v) is 5.81. The van der Waals surface area contributed by atoms with Crippen molar-refractivity contribution in [2.24, 2.45) is 0 Å². The van der Waals surface area contributed by atoms with Crippen molar-refractivity contribution in [3.63, 3.8) is 0 Å². The smallest absolute Gasteiger partial charge is 0.213 e. The molecule has 1 saturated heterocycles. The number of rotatable bonds is 4. The van der Waals surface area contributed by atoms with E-state index < -0.39 is 0 Å². The molecule has 2 aromatic rings. The monoisotopic (exact) mass is 338 g/mol. The van der Waals surface area contributed by atoms with Gasteiger partial charge in [-0.05, 0) is 62.2 Å². The van der Waals surface area contributed by atoms with E-state index in [9.17, 15) is 0 Å². The molecule has 1 unspecified atom stereocenters. The number of hydrogen-bond donors (Lipinski definition) is 0. The number of aromatic nitrogens is 1. The van der Waals surface area contributed by atoms with Crippen molar-refractivity contribution in [2.45, 2.75) is 37.6 Å². The van der Waals surface area contributed by atoms with Crippen molar-refractivity contribution in [3.05, 3.63) is 42.1 Å². The number of ether oxygens (including phenoxy) is 2. The summed E-state index contributed by atoms with van der Waals surface area (Å²) in [7, 11) is 3.90. The first-order valence-corrected chi connectivity index (χ1v) is 9.07. The summed E-state index contributed by atoms with van der Waals surface area (Å²) in [6.45, 7) is 4.34. The molecule has 1 aromatic carbocycles. The molecule has 2 aliphatic rings. The fourth-order valence-electron chi connectivity index (χ4n) is 4.25. The molecule has 2 aliphatic heterocycles. The van der Waals surface area contributed by atoms with Gasteiger partial charge in [-0.15, -0.1) is 0 Å². The van der Waals surface area contributed by atoms with Gasteiger partial charge < -0.3 is 14.4 Å². The van der Waals surface area contributed by atoms with Gasteiger partial charge in [-0.1, -0.05) is 13.0 Å². The summed E-state index contributed by atoms with van der Waals surface area (Å²) in [6.07, 6.45) is 5.55. The fraction of sp³-hybridized carbons (Fsp3) is 0.476. The van der Waals surface area contributed by atoms with Crippen LogP contribution in [0.1, 0.15) is 31.7 Å². The van der Waals surface area contributed by atoms with Gasteiger partial charge in [0.05, 0.1) is 13.7 Å². The summed E-state index contributed by atoms with van der Waals surface area (Å²) in [5.41, 5.74) is 3.73. The summed E-state index contributed by atoms with van der Waals surface area (Å²) < 4.78 is 11.3. The second-order valence-corrected chi connectivity index (χ2v) is 7.63. The third kappa shape index (κ3) is 2.99. The highest BCUT2D eigenvalue weighted by molar-refractivity contribution is 5.67. The molecule has 4 rings (SSSR count). The Hall–Kier alpha value is -2.07. The minimum atomic E-state index is 0.0751. The largest absolute Gasteiger partial charge is 0.492 e. The van der Waals surface area contributed by atoms with E-state index >= 15 is 0 Å². The lowest BCUT2D eigenvalue weighted by Gasteiger charge is -2.30. The van der Waals surface area contributed by atoms with Crippen molar-refractivity contribution >= 4 is 0 Å². The molecule has 0 saturated carbocycles. The van der Waals surface area contributed by atoms with E-state index in [1.54, 1.807) is 13.3 Å². The van der Waals surface area contributed by atoms with Crippen LogP contribution in [0, 0.1) is 0 Å². The molecule has 4 heteroatoms. The summed E-state index contributed by atoms with van der Waals surface area (Å²) in [5, 5.41) is 0. The maximum atomic E-state index is 6.04. The summed E-state index contributed by atoms with van der Waals surface area (Å²) in [4.78, 5) is 6.71. The van der Waals surface area contributed by atoms with E-state index in [1.807, 2.05) is 12.1 Å². The van der Waals surface area contributed by atoms with Gasteiger partial charge in [-0.3, -0.25) is 0 Å². The summed E-state index contributed by atoms with van der Waals surface area (Å²) >= 11 is 0. The number of nitrogens with zero attached hydrogens (tertiary/aromatic N) is 2. The number of pyridine rings is 1. The summed E-state index contributed by atoms with van der Waals surface area (Å²) in [5.74, 6) is 1.68. The van der Waals surface area contributed by atoms with Crippen molar-refractivity contribution in [3.8, 4) is 22.8 Å². The predicted octanol–water partition coefficient (Wildman–Crippen LogP) is 3.89. The van der Waals surface area contributed by atoms with E-state index in [0.717, 1.165) is 24.3 Å². The van der Waals surface area contributed by atoms with Crippen molar-refractivity contribution < 1.29 is 9.47 Å². The van der Waals surface area contributed by atoms with Crippen LogP contribution in [0.15, 0.2) is 36.5 Å². The van der Waals surface area contributed by atoms with Crippen LogP contribution in [0.5, 0.6) is 11.6 Å². The SMILES string of the molecule is COc1cc(-c2ccc3c(c2)C(C)(C[C@H]2CCCN2C)CO3)ccn1. The van der Waals surface area contributed by atoms with Gasteiger partial charge in [-0.25, -0.2) is 4.98 Å². The molecule has 0 amide bonds. The molecule has 25 heavy (non-hydrogen) atoms. The number of benzene rings is 1. The quantitative estimate of drug-likeness (QED) is 0.847. The van der Waals surface area contributed by atoms with E-state index in [4.69, 9.17) is 9.47 Å². The number of fused-ring (bicyclic) bond motifs is 1. The van der Waals surface area contributed by atoms with Crippen LogP contribution >= 0.6 is 0 Å². The van der Waals surface area contributed by atoms with Crippen LogP contribution in [0.2, 0.25) is 0 Å². The zero-order chi connectivity index (χ0) is 17.4. The highest BCUT2D eigenvalue weighted by atomic mass is 16.5. The molecule has 0 aliphatic carbocycles. The molecule has 1 fully saturated rings. The van der Waals surface area contributed by atoms with Gasteiger partial charge in [0.15, 0.2) is 0 Å². The molecular weight excluding hydrogens is 312 g/mol. The van der Waals surface area contributed by atoms with Crippen LogP contribution in [-0.4, -0.2) is 43.2 Å². The molecular formula is C21H26N2O2. The Bertz CT molecular complexity index is 776. The average molecular weight is 338 g/mol. The number of hydrogen-bond acceptors (Lipinski definition) is 4. The van der Waals surface area contributed by atoms with Gasteiger partial charge in [0, 0.05) is 29.3 Å². The normalized spacial score (nSPS) is 25.6. The molecule has 132 valence electrons. The van der Waals surface area contributed by atoms with Crippen LogP contribution in [-0.2, 0) is 5.41 Å². The highest BCUT2D eigenvalue weighted by Crippen LogP contribution is 2.45. The minimum absolute atomic E-state index is 0.0751. The van der Waals surface area contributed by atoms with E-state index in [2.05, 4.69) is 42.1 Å². The molecule has 1 aromatic heterocycles. The van der Waals surface area contributed by atoms with E-state index in [1.165, 1.54) is 30.5 Å². The standard InChI is InChI=1S/C21H26N2O2/c1-21(13-17-5-4-10-23(17)2)14-25-19-7-6-15(11-18(19)21)16-8-9-22-20(12-16)24-3/h6-9,11-12,17H,4-5,10,13-14H2,1-3H3/t17-,21?/m1/s1. The van der Waals surface area contributed by atoms with Gasteiger partial charge in [0.25, 0.3) is 0 Å².